The van der Waals surface area contributed by atoms with Crippen molar-refractivity contribution in [1.82, 2.24) is 5.48 Å². The van der Waals surface area contributed by atoms with Crippen LogP contribution in [0, 0.1) is 5.92 Å². The normalized spacial score (nSPS) is 32.2. The summed E-state index contributed by atoms with van der Waals surface area (Å²) in [6.45, 7) is 0.686. The lowest BCUT2D eigenvalue weighted by atomic mass is 10.0. The van der Waals surface area contributed by atoms with E-state index in [9.17, 15) is 4.79 Å². The van der Waals surface area contributed by atoms with Gasteiger partial charge in [0.1, 0.15) is 0 Å². The van der Waals surface area contributed by atoms with E-state index in [0.717, 1.165) is 0 Å². The molecule has 0 aromatic heterocycles. The number of carbonyl (C=O) groups excluding carboxylic acids is 1. The first-order chi connectivity index (χ1) is 4.75. The van der Waals surface area contributed by atoms with Crippen molar-refractivity contribution in [2.75, 3.05) is 13.2 Å². The Balaban J connectivity index is 2.46. The second-order valence-electron chi connectivity index (χ2n) is 2.28. The largest absolute Gasteiger partial charge is 0.379 e. The van der Waals surface area contributed by atoms with Crippen molar-refractivity contribution in [2.45, 2.75) is 6.04 Å². The van der Waals surface area contributed by atoms with Gasteiger partial charge in [0.25, 0.3) is 0 Å². The molecule has 1 aliphatic heterocycles. The summed E-state index contributed by atoms with van der Waals surface area (Å²) in [5.41, 5.74) is 7.00. The molecule has 5 heteroatoms. The van der Waals surface area contributed by atoms with Crippen LogP contribution in [0.4, 0.5) is 0 Å². The van der Waals surface area contributed by atoms with Gasteiger partial charge in [0.05, 0.1) is 19.1 Å². The van der Waals surface area contributed by atoms with E-state index in [1.165, 1.54) is 5.48 Å². The van der Waals surface area contributed by atoms with Gasteiger partial charge in [-0.1, -0.05) is 0 Å². The van der Waals surface area contributed by atoms with Gasteiger partial charge < -0.3 is 10.5 Å². The van der Waals surface area contributed by atoms with Gasteiger partial charge in [-0.25, -0.2) is 5.48 Å². The summed E-state index contributed by atoms with van der Waals surface area (Å²) in [5.74, 6) is -0.866. The predicted molar refractivity (Wildman–Crippen MR) is 32.2 cm³/mol. The maximum Gasteiger partial charge on any atom is 0.250 e. The fourth-order valence-electron chi connectivity index (χ4n) is 0.924. The lowest BCUT2D eigenvalue weighted by molar-refractivity contribution is -0.133. The number of nitrogens with one attached hydrogen (secondary N) is 1. The molecule has 58 valence electrons. The minimum absolute atomic E-state index is 0.285. The van der Waals surface area contributed by atoms with E-state index in [0.29, 0.717) is 13.2 Å². The zero-order chi connectivity index (χ0) is 7.56. The minimum Gasteiger partial charge on any atom is -0.379 e. The van der Waals surface area contributed by atoms with E-state index < -0.39 is 11.8 Å². The summed E-state index contributed by atoms with van der Waals surface area (Å²) in [6.07, 6.45) is 0. The lowest BCUT2D eigenvalue weighted by Gasteiger charge is -2.08. The van der Waals surface area contributed by atoms with Crippen LogP contribution in [0.2, 0.25) is 0 Å². The van der Waals surface area contributed by atoms with Crippen LogP contribution < -0.4 is 11.2 Å². The molecular formula is C5H10N2O3. The van der Waals surface area contributed by atoms with Gasteiger partial charge in [0.15, 0.2) is 0 Å². The molecule has 1 fully saturated rings. The Bertz CT molecular complexity index is 139. The van der Waals surface area contributed by atoms with Crippen LogP contribution in [0.15, 0.2) is 0 Å². The van der Waals surface area contributed by atoms with Gasteiger partial charge in [0, 0.05) is 6.04 Å². The molecule has 0 saturated carbocycles. The van der Waals surface area contributed by atoms with Gasteiger partial charge in [-0.05, 0) is 0 Å². The molecule has 1 heterocycles. The van der Waals surface area contributed by atoms with Crippen molar-refractivity contribution in [1.29, 1.82) is 0 Å². The van der Waals surface area contributed by atoms with E-state index >= 15 is 0 Å². The molecule has 0 aromatic carbocycles. The number of hydrogen-bond donors (Lipinski definition) is 3. The number of ether oxygens (including phenoxy) is 1. The number of rotatable bonds is 1. The first kappa shape index (κ1) is 7.46. The fourth-order valence-corrected chi connectivity index (χ4v) is 0.924. The van der Waals surface area contributed by atoms with Gasteiger partial charge in [0.2, 0.25) is 5.91 Å². The molecule has 2 unspecified atom stereocenters. The highest BCUT2D eigenvalue weighted by molar-refractivity contribution is 5.78. The third-order valence-electron chi connectivity index (χ3n) is 1.57. The third-order valence-corrected chi connectivity index (χ3v) is 1.57. The van der Waals surface area contributed by atoms with Gasteiger partial charge in [-0.3, -0.25) is 10.0 Å². The third kappa shape index (κ3) is 1.26. The number of amides is 1. The van der Waals surface area contributed by atoms with E-state index in [4.69, 9.17) is 15.7 Å². The molecule has 0 radical (unpaired) electrons. The summed E-state index contributed by atoms with van der Waals surface area (Å²) < 4.78 is 4.90. The predicted octanol–water partition coefficient (Wildman–Crippen LogP) is -1.53. The molecule has 1 amide bonds. The monoisotopic (exact) mass is 146 g/mol. The highest BCUT2D eigenvalue weighted by Crippen LogP contribution is 2.10. The van der Waals surface area contributed by atoms with Crippen LogP contribution in [-0.2, 0) is 9.53 Å². The van der Waals surface area contributed by atoms with Crippen LogP contribution in [0.3, 0.4) is 0 Å². The van der Waals surface area contributed by atoms with Gasteiger partial charge in [-0.2, -0.15) is 0 Å². The first-order valence-corrected chi connectivity index (χ1v) is 3.03. The summed E-state index contributed by atoms with van der Waals surface area (Å²) >= 11 is 0. The molecule has 5 nitrogen and oxygen atoms in total. The summed E-state index contributed by atoms with van der Waals surface area (Å²) in [6, 6.07) is -0.285. The molecule has 10 heavy (non-hydrogen) atoms. The average Bonchev–Trinajstić information content (AvgIpc) is 2.34. The second-order valence-corrected chi connectivity index (χ2v) is 2.28. The topological polar surface area (TPSA) is 84.6 Å². The SMILES string of the molecule is NC1COCC1C(=O)NO. The zero-order valence-corrected chi connectivity index (χ0v) is 5.41. The second kappa shape index (κ2) is 2.96. The highest BCUT2D eigenvalue weighted by Gasteiger charge is 2.30. The Labute approximate surface area is 58.1 Å². The molecule has 2 atom stereocenters. The van der Waals surface area contributed by atoms with Crippen molar-refractivity contribution in [3.05, 3.63) is 0 Å². The summed E-state index contributed by atoms with van der Waals surface area (Å²) in [4.78, 5) is 10.7. The molecule has 0 spiro atoms. The van der Waals surface area contributed by atoms with Crippen molar-refractivity contribution in [3.8, 4) is 0 Å². The number of carbonyl (C=O) groups is 1. The molecule has 0 aliphatic carbocycles. The highest BCUT2D eigenvalue weighted by atomic mass is 16.5. The van der Waals surface area contributed by atoms with Gasteiger partial charge in [-0.15, -0.1) is 0 Å². The van der Waals surface area contributed by atoms with E-state index in [2.05, 4.69) is 0 Å². The van der Waals surface area contributed by atoms with Crippen LogP contribution in [-0.4, -0.2) is 30.4 Å². The van der Waals surface area contributed by atoms with Crippen LogP contribution >= 0.6 is 0 Å². The molecule has 0 aromatic rings. The number of hydroxylamine groups is 1. The van der Waals surface area contributed by atoms with Crippen LogP contribution in [0.5, 0.6) is 0 Å². The van der Waals surface area contributed by atoms with E-state index in [-0.39, 0.29) is 6.04 Å². The standard InChI is InChI=1S/C5H10N2O3/c6-4-2-10-1-3(4)5(8)7-9/h3-4,9H,1-2,6H2,(H,7,8). The first-order valence-electron chi connectivity index (χ1n) is 3.03. The van der Waals surface area contributed by atoms with Crippen molar-refractivity contribution < 1.29 is 14.7 Å². The Morgan fingerprint density at radius 3 is 2.80 bits per heavy atom. The maximum atomic E-state index is 10.7. The molecule has 1 saturated heterocycles. The van der Waals surface area contributed by atoms with Crippen molar-refractivity contribution >= 4 is 5.91 Å². The quantitative estimate of drug-likeness (QED) is 0.309. The Hall–Kier alpha value is -0.650. The Morgan fingerprint density at radius 1 is 1.70 bits per heavy atom. The zero-order valence-electron chi connectivity index (χ0n) is 5.41. The fraction of sp³-hybridized carbons (Fsp3) is 0.800. The molecule has 0 bridgehead atoms. The minimum atomic E-state index is -0.468. The molecule has 1 aliphatic rings. The van der Waals surface area contributed by atoms with Crippen LogP contribution in [0.1, 0.15) is 0 Å². The summed E-state index contributed by atoms with van der Waals surface area (Å²) in [7, 11) is 0. The number of nitrogens with two attached hydrogens (primary N) is 1. The number of hydrogen-bond acceptors (Lipinski definition) is 4. The Kier molecular flexibility index (Phi) is 2.21. The lowest BCUT2D eigenvalue weighted by Crippen LogP contribution is -2.39. The Morgan fingerprint density at radius 2 is 2.40 bits per heavy atom. The van der Waals surface area contributed by atoms with Crippen molar-refractivity contribution in [3.63, 3.8) is 0 Å². The smallest absolute Gasteiger partial charge is 0.250 e. The van der Waals surface area contributed by atoms with E-state index in [1.54, 1.807) is 0 Å². The van der Waals surface area contributed by atoms with Crippen molar-refractivity contribution in [2.24, 2.45) is 11.7 Å². The molecule has 1 rings (SSSR count). The summed E-state index contributed by atoms with van der Waals surface area (Å²) in [5, 5.41) is 8.20. The molecular weight excluding hydrogens is 136 g/mol. The van der Waals surface area contributed by atoms with Crippen LogP contribution in [0.25, 0.3) is 0 Å². The average molecular weight is 146 g/mol. The molecule has 4 N–H and O–H groups in total. The van der Waals surface area contributed by atoms with E-state index in [1.807, 2.05) is 0 Å². The van der Waals surface area contributed by atoms with Gasteiger partial charge >= 0.3 is 0 Å². The maximum absolute atomic E-state index is 10.7.